The van der Waals surface area contributed by atoms with Gasteiger partial charge in [-0.1, -0.05) is 18.2 Å². The summed E-state index contributed by atoms with van der Waals surface area (Å²) in [6.07, 6.45) is 3.54. The average Bonchev–Trinajstić information content (AvgIpc) is 3.14. The van der Waals surface area contributed by atoms with Gasteiger partial charge in [-0.05, 0) is 48.9 Å². The lowest BCUT2D eigenvalue weighted by atomic mass is 9.98. The fraction of sp³-hybridized carbons (Fsp3) is 0.318. The van der Waals surface area contributed by atoms with Crippen LogP contribution < -0.4 is 0 Å². The number of piperidine rings is 1. The predicted octanol–water partition coefficient (Wildman–Crippen LogP) is 3.43. The summed E-state index contributed by atoms with van der Waals surface area (Å²) in [6, 6.07) is 10.9. The molecule has 0 unspecified atom stereocenters. The van der Waals surface area contributed by atoms with Gasteiger partial charge in [0.25, 0.3) is 0 Å². The van der Waals surface area contributed by atoms with E-state index >= 15 is 0 Å². The molecule has 9 heteroatoms. The lowest BCUT2D eigenvalue weighted by Crippen LogP contribution is -2.40. The molecule has 0 amide bonds. The number of aryl methyl sites for hydroxylation is 1. The number of Topliss-reactive ketones (excluding diaryl/α,β-unsaturated/α-hetero) is 1. The third-order valence-electron chi connectivity index (χ3n) is 5.50. The van der Waals surface area contributed by atoms with E-state index in [0.29, 0.717) is 17.7 Å². The SMILES string of the molecule is Cc1c(C(=O)COC(=O)C2CCN(S(=O)(=O)c3cccnc3)CC2)sc2ccccc12. The number of ether oxygens (including phenoxy) is 1. The van der Waals surface area contributed by atoms with Crippen LogP contribution in [0.5, 0.6) is 0 Å². The standard InChI is InChI=1S/C22H22N2O5S2/c1-15-18-6-2-3-7-20(18)30-21(15)19(25)14-29-22(26)16-8-11-24(12-9-16)31(27,28)17-5-4-10-23-13-17/h2-7,10,13,16H,8-9,11-12,14H2,1H3. The molecule has 162 valence electrons. The lowest BCUT2D eigenvalue weighted by molar-refractivity contribution is -0.148. The van der Waals surface area contributed by atoms with Crippen molar-refractivity contribution in [3.05, 3.63) is 59.2 Å². The van der Waals surface area contributed by atoms with Gasteiger partial charge in [0.2, 0.25) is 15.8 Å². The van der Waals surface area contributed by atoms with E-state index in [0.717, 1.165) is 15.6 Å². The van der Waals surface area contributed by atoms with Gasteiger partial charge >= 0.3 is 5.97 Å². The number of hydrogen-bond acceptors (Lipinski definition) is 7. The van der Waals surface area contributed by atoms with Gasteiger partial charge in [-0.25, -0.2) is 8.42 Å². The predicted molar refractivity (Wildman–Crippen MR) is 118 cm³/mol. The highest BCUT2D eigenvalue weighted by molar-refractivity contribution is 7.89. The molecule has 3 aromatic rings. The van der Waals surface area contributed by atoms with Crippen molar-refractivity contribution in [1.29, 1.82) is 0 Å². The number of esters is 1. The second-order valence-corrected chi connectivity index (χ2v) is 10.4. The van der Waals surface area contributed by atoms with E-state index in [2.05, 4.69) is 4.98 Å². The first-order valence-electron chi connectivity index (χ1n) is 9.96. The van der Waals surface area contributed by atoms with Gasteiger partial charge in [0.1, 0.15) is 4.90 Å². The molecule has 4 rings (SSSR count). The first-order valence-corrected chi connectivity index (χ1v) is 12.2. The Bertz CT molecular complexity index is 1210. The Morgan fingerprint density at radius 3 is 2.58 bits per heavy atom. The molecule has 0 aliphatic carbocycles. The average molecular weight is 459 g/mol. The molecule has 0 N–H and O–H groups in total. The van der Waals surface area contributed by atoms with Gasteiger partial charge in [-0.15, -0.1) is 11.3 Å². The fourth-order valence-corrected chi connectivity index (χ4v) is 6.31. The van der Waals surface area contributed by atoms with Gasteiger partial charge in [0, 0.05) is 30.2 Å². The van der Waals surface area contributed by atoms with E-state index in [1.807, 2.05) is 31.2 Å². The molecule has 7 nitrogen and oxygen atoms in total. The van der Waals surface area contributed by atoms with E-state index in [1.54, 1.807) is 6.07 Å². The monoisotopic (exact) mass is 458 g/mol. The number of carbonyl (C=O) groups is 2. The van der Waals surface area contributed by atoms with Crippen LogP contribution in [0.3, 0.4) is 0 Å². The summed E-state index contributed by atoms with van der Waals surface area (Å²) < 4.78 is 33.0. The van der Waals surface area contributed by atoms with E-state index in [1.165, 1.54) is 34.1 Å². The van der Waals surface area contributed by atoms with Gasteiger partial charge in [-0.3, -0.25) is 14.6 Å². The van der Waals surface area contributed by atoms with Gasteiger partial charge in [-0.2, -0.15) is 4.31 Å². The summed E-state index contributed by atoms with van der Waals surface area (Å²) >= 11 is 1.40. The number of sulfonamides is 1. The zero-order valence-electron chi connectivity index (χ0n) is 17.0. The zero-order chi connectivity index (χ0) is 22.0. The summed E-state index contributed by atoms with van der Waals surface area (Å²) in [5, 5.41) is 1.03. The maximum absolute atomic E-state index is 12.7. The number of ketones is 1. The van der Waals surface area contributed by atoms with Crippen molar-refractivity contribution in [2.75, 3.05) is 19.7 Å². The molecule has 0 spiro atoms. The third kappa shape index (κ3) is 4.39. The van der Waals surface area contributed by atoms with Crippen LogP contribution in [0.1, 0.15) is 28.1 Å². The van der Waals surface area contributed by atoms with Crippen molar-refractivity contribution in [3.63, 3.8) is 0 Å². The molecule has 0 atom stereocenters. The summed E-state index contributed by atoms with van der Waals surface area (Å²) in [7, 11) is -3.62. The Morgan fingerprint density at radius 1 is 1.16 bits per heavy atom. The molecule has 3 heterocycles. The molecule has 31 heavy (non-hydrogen) atoms. The number of aromatic nitrogens is 1. The Balaban J connectivity index is 1.33. The molecular weight excluding hydrogens is 436 g/mol. The van der Waals surface area contributed by atoms with Crippen LogP contribution in [0.15, 0.2) is 53.7 Å². The Morgan fingerprint density at radius 2 is 1.90 bits per heavy atom. The topological polar surface area (TPSA) is 93.6 Å². The van der Waals surface area contributed by atoms with Crippen molar-refractivity contribution < 1.29 is 22.7 Å². The highest BCUT2D eigenvalue weighted by Crippen LogP contribution is 2.31. The molecule has 0 bridgehead atoms. The van der Waals surface area contributed by atoms with Crippen molar-refractivity contribution in [1.82, 2.24) is 9.29 Å². The van der Waals surface area contributed by atoms with Crippen molar-refractivity contribution in [2.24, 2.45) is 5.92 Å². The number of nitrogens with zero attached hydrogens (tertiary/aromatic N) is 2. The van der Waals surface area contributed by atoms with E-state index < -0.39 is 21.9 Å². The molecule has 1 aliphatic heterocycles. The number of rotatable bonds is 6. The minimum atomic E-state index is -3.62. The van der Waals surface area contributed by atoms with Crippen LogP contribution in [0.2, 0.25) is 0 Å². The van der Waals surface area contributed by atoms with Gasteiger partial charge in [0.05, 0.1) is 10.8 Å². The first kappa shape index (κ1) is 21.6. The first-order chi connectivity index (χ1) is 14.9. The van der Waals surface area contributed by atoms with Crippen molar-refractivity contribution in [3.8, 4) is 0 Å². The van der Waals surface area contributed by atoms with Crippen LogP contribution in [-0.4, -0.2) is 49.2 Å². The highest BCUT2D eigenvalue weighted by Gasteiger charge is 2.33. The highest BCUT2D eigenvalue weighted by atomic mass is 32.2. The fourth-order valence-electron chi connectivity index (χ4n) is 3.74. The minimum Gasteiger partial charge on any atom is -0.457 e. The normalized spacial score (nSPS) is 15.8. The molecule has 1 fully saturated rings. The van der Waals surface area contributed by atoms with Crippen LogP contribution >= 0.6 is 11.3 Å². The summed E-state index contributed by atoms with van der Waals surface area (Å²) in [4.78, 5) is 29.7. The van der Waals surface area contributed by atoms with Gasteiger partial charge in [0.15, 0.2) is 6.61 Å². The molecular formula is C22H22N2O5S2. The third-order valence-corrected chi connectivity index (χ3v) is 8.70. The Kier molecular flexibility index (Phi) is 6.17. The number of carbonyl (C=O) groups excluding carboxylic acids is 2. The molecule has 0 radical (unpaired) electrons. The van der Waals surface area contributed by atoms with Crippen LogP contribution in [0.4, 0.5) is 0 Å². The van der Waals surface area contributed by atoms with Crippen molar-refractivity contribution >= 4 is 43.2 Å². The largest absolute Gasteiger partial charge is 0.457 e. The van der Waals surface area contributed by atoms with E-state index in [4.69, 9.17) is 4.74 Å². The zero-order valence-corrected chi connectivity index (χ0v) is 18.6. The van der Waals surface area contributed by atoms with Crippen LogP contribution in [-0.2, 0) is 19.6 Å². The number of pyridine rings is 1. The smallest absolute Gasteiger partial charge is 0.309 e. The summed E-state index contributed by atoms with van der Waals surface area (Å²) in [5.74, 6) is -1.09. The molecule has 1 saturated heterocycles. The molecule has 1 aliphatic rings. The maximum Gasteiger partial charge on any atom is 0.309 e. The van der Waals surface area contributed by atoms with E-state index in [-0.39, 0.29) is 30.4 Å². The van der Waals surface area contributed by atoms with Crippen LogP contribution in [0.25, 0.3) is 10.1 Å². The number of fused-ring (bicyclic) bond motifs is 1. The quantitative estimate of drug-likeness (QED) is 0.415. The summed E-state index contributed by atoms with van der Waals surface area (Å²) in [6.45, 7) is 2.04. The second-order valence-electron chi connectivity index (χ2n) is 7.45. The molecule has 2 aromatic heterocycles. The van der Waals surface area contributed by atoms with Crippen LogP contribution in [0, 0.1) is 12.8 Å². The minimum absolute atomic E-state index is 0.139. The molecule has 0 saturated carbocycles. The number of hydrogen-bond donors (Lipinski definition) is 0. The van der Waals surface area contributed by atoms with Crippen molar-refractivity contribution in [2.45, 2.75) is 24.7 Å². The molecule has 1 aromatic carbocycles. The number of benzene rings is 1. The van der Waals surface area contributed by atoms with E-state index in [9.17, 15) is 18.0 Å². The number of thiophene rings is 1. The maximum atomic E-state index is 12.7. The second kappa shape index (κ2) is 8.86. The summed E-state index contributed by atoms with van der Waals surface area (Å²) in [5.41, 5.74) is 0.899. The van der Waals surface area contributed by atoms with Gasteiger partial charge < -0.3 is 4.74 Å². The Labute approximate surface area is 184 Å². The lowest BCUT2D eigenvalue weighted by Gasteiger charge is -2.29. The Hall–Kier alpha value is -2.62.